The summed E-state index contributed by atoms with van der Waals surface area (Å²) in [5, 5.41) is 2.91. The lowest BCUT2D eigenvalue weighted by molar-refractivity contribution is -0.137. The fraction of sp³-hybridized carbons (Fsp3) is 0.200. The molecule has 0 fully saturated rings. The maximum absolute atomic E-state index is 13.2. The van der Waals surface area contributed by atoms with Crippen LogP contribution in [-0.4, -0.2) is 0 Å². The molecule has 2 aromatic rings. The number of halogens is 4. The monoisotopic (exact) mass is 283 g/mol. The van der Waals surface area contributed by atoms with Crippen LogP contribution in [0.25, 0.3) is 0 Å². The van der Waals surface area contributed by atoms with E-state index in [1.807, 2.05) is 0 Å². The minimum atomic E-state index is -4.36. The summed E-state index contributed by atoms with van der Waals surface area (Å²) in [7, 11) is 0. The van der Waals surface area contributed by atoms with Gasteiger partial charge in [0, 0.05) is 12.2 Å². The molecule has 0 unspecified atom stereocenters. The Balaban J connectivity index is 2.11. The highest BCUT2D eigenvalue weighted by molar-refractivity contribution is 5.46. The highest BCUT2D eigenvalue weighted by Crippen LogP contribution is 2.29. The zero-order valence-electron chi connectivity index (χ0n) is 10.8. The summed E-state index contributed by atoms with van der Waals surface area (Å²) in [4.78, 5) is 0. The summed E-state index contributed by atoms with van der Waals surface area (Å²) in [5.41, 5.74) is 1.09. The second kappa shape index (κ2) is 5.53. The number of rotatable bonds is 3. The van der Waals surface area contributed by atoms with Crippen molar-refractivity contribution in [1.82, 2.24) is 0 Å². The van der Waals surface area contributed by atoms with E-state index in [2.05, 4.69) is 5.32 Å². The third-order valence-corrected chi connectivity index (χ3v) is 2.79. The van der Waals surface area contributed by atoms with Crippen LogP contribution in [0.15, 0.2) is 42.5 Å². The molecular formula is C15H13F4N. The highest BCUT2D eigenvalue weighted by atomic mass is 19.4. The molecule has 0 radical (unpaired) electrons. The van der Waals surface area contributed by atoms with Crippen molar-refractivity contribution in [2.45, 2.75) is 19.6 Å². The topological polar surface area (TPSA) is 12.0 Å². The Bertz CT molecular complexity index is 585. The van der Waals surface area contributed by atoms with Crippen LogP contribution in [0.5, 0.6) is 0 Å². The maximum Gasteiger partial charge on any atom is 0.416 e. The van der Waals surface area contributed by atoms with E-state index >= 15 is 0 Å². The van der Waals surface area contributed by atoms with Crippen molar-refractivity contribution < 1.29 is 17.6 Å². The van der Waals surface area contributed by atoms with Crippen LogP contribution in [-0.2, 0) is 12.7 Å². The second-order valence-corrected chi connectivity index (χ2v) is 4.57. The molecule has 0 saturated heterocycles. The first-order valence-corrected chi connectivity index (χ1v) is 6.02. The van der Waals surface area contributed by atoms with Crippen LogP contribution in [0.4, 0.5) is 23.2 Å². The van der Waals surface area contributed by atoms with Crippen LogP contribution in [0.1, 0.15) is 16.7 Å². The van der Waals surface area contributed by atoms with Crippen molar-refractivity contribution in [2.24, 2.45) is 0 Å². The maximum atomic E-state index is 13.2. The molecule has 2 rings (SSSR count). The van der Waals surface area contributed by atoms with Gasteiger partial charge in [0.05, 0.1) is 5.56 Å². The zero-order valence-corrected chi connectivity index (χ0v) is 10.8. The smallest absolute Gasteiger partial charge is 0.381 e. The first-order chi connectivity index (χ1) is 9.34. The van der Waals surface area contributed by atoms with Gasteiger partial charge in [-0.05, 0) is 48.4 Å². The van der Waals surface area contributed by atoms with E-state index < -0.39 is 11.7 Å². The van der Waals surface area contributed by atoms with Crippen LogP contribution in [0.3, 0.4) is 0 Å². The molecule has 1 nitrogen and oxygen atoms in total. The Morgan fingerprint density at radius 1 is 1.05 bits per heavy atom. The van der Waals surface area contributed by atoms with Crippen molar-refractivity contribution in [2.75, 3.05) is 5.32 Å². The molecule has 0 amide bonds. The van der Waals surface area contributed by atoms with Crippen LogP contribution in [0.2, 0.25) is 0 Å². The van der Waals surface area contributed by atoms with E-state index in [0.717, 1.165) is 17.7 Å². The van der Waals surface area contributed by atoms with Gasteiger partial charge in [0.15, 0.2) is 0 Å². The van der Waals surface area contributed by atoms with Crippen molar-refractivity contribution in [3.8, 4) is 0 Å². The van der Waals surface area contributed by atoms with Crippen LogP contribution >= 0.6 is 0 Å². The van der Waals surface area contributed by atoms with E-state index in [0.29, 0.717) is 11.3 Å². The van der Waals surface area contributed by atoms with Crippen LogP contribution in [0, 0.1) is 12.7 Å². The number of nitrogens with one attached hydrogen (secondary N) is 1. The number of benzene rings is 2. The summed E-state index contributed by atoms with van der Waals surface area (Å²) in [6.45, 7) is 1.95. The molecule has 5 heteroatoms. The first kappa shape index (κ1) is 14.4. The molecule has 106 valence electrons. The van der Waals surface area contributed by atoms with Crippen molar-refractivity contribution in [1.29, 1.82) is 0 Å². The molecule has 0 aromatic heterocycles. The fourth-order valence-corrected chi connectivity index (χ4v) is 1.90. The Hall–Kier alpha value is -2.04. The standard InChI is InChI=1S/C15H13F4N/c1-10-5-13(16)8-14(6-10)20-9-11-3-2-4-12(7-11)15(17,18)19/h2-8,20H,9H2,1H3. The molecule has 0 aliphatic rings. The molecule has 0 aliphatic carbocycles. The number of alkyl halides is 3. The highest BCUT2D eigenvalue weighted by Gasteiger charge is 2.30. The largest absolute Gasteiger partial charge is 0.416 e. The summed E-state index contributed by atoms with van der Waals surface area (Å²) in [6.07, 6.45) is -4.36. The predicted molar refractivity (Wildman–Crippen MR) is 69.9 cm³/mol. The van der Waals surface area contributed by atoms with Gasteiger partial charge in [-0.1, -0.05) is 12.1 Å². The summed E-state index contributed by atoms with van der Waals surface area (Å²) in [5.74, 6) is -0.378. The SMILES string of the molecule is Cc1cc(F)cc(NCc2cccc(C(F)(F)F)c2)c1. The lowest BCUT2D eigenvalue weighted by Gasteiger charge is -2.11. The van der Waals surface area contributed by atoms with E-state index in [4.69, 9.17) is 0 Å². The van der Waals surface area contributed by atoms with Gasteiger partial charge < -0.3 is 5.32 Å². The first-order valence-electron chi connectivity index (χ1n) is 6.02. The number of aryl methyl sites for hydroxylation is 1. The average Bonchev–Trinajstić information content (AvgIpc) is 2.35. The van der Waals surface area contributed by atoms with Gasteiger partial charge in [0.2, 0.25) is 0 Å². The molecular weight excluding hydrogens is 270 g/mol. The molecule has 0 heterocycles. The van der Waals surface area contributed by atoms with Gasteiger partial charge >= 0.3 is 6.18 Å². The Kier molecular flexibility index (Phi) is 3.97. The lowest BCUT2D eigenvalue weighted by Crippen LogP contribution is -2.07. The molecule has 0 spiro atoms. The molecule has 0 atom stereocenters. The number of hydrogen-bond acceptors (Lipinski definition) is 1. The lowest BCUT2D eigenvalue weighted by atomic mass is 10.1. The van der Waals surface area contributed by atoms with E-state index in [-0.39, 0.29) is 12.4 Å². The average molecular weight is 283 g/mol. The molecule has 1 N–H and O–H groups in total. The second-order valence-electron chi connectivity index (χ2n) is 4.57. The molecule has 2 aromatic carbocycles. The van der Waals surface area contributed by atoms with Crippen molar-refractivity contribution >= 4 is 5.69 Å². The summed E-state index contributed by atoms with van der Waals surface area (Å²) >= 11 is 0. The predicted octanol–water partition coefficient (Wildman–Crippen LogP) is 4.77. The zero-order chi connectivity index (χ0) is 14.8. The molecule has 0 bridgehead atoms. The number of anilines is 1. The third kappa shape index (κ3) is 3.73. The number of hydrogen-bond donors (Lipinski definition) is 1. The van der Waals surface area contributed by atoms with Gasteiger partial charge in [-0.15, -0.1) is 0 Å². The molecule has 0 aliphatic heterocycles. The van der Waals surface area contributed by atoms with E-state index in [9.17, 15) is 17.6 Å². The summed E-state index contributed by atoms with van der Waals surface area (Å²) in [6, 6.07) is 9.48. The van der Waals surface area contributed by atoms with Crippen molar-refractivity contribution in [3.63, 3.8) is 0 Å². The fourth-order valence-electron chi connectivity index (χ4n) is 1.90. The minimum Gasteiger partial charge on any atom is -0.381 e. The Morgan fingerprint density at radius 3 is 2.45 bits per heavy atom. The minimum absolute atomic E-state index is 0.201. The Morgan fingerprint density at radius 2 is 1.80 bits per heavy atom. The van der Waals surface area contributed by atoms with Crippen molar-refractivity contribution in [3.05, 3.63) is 65.0 Å². The van der Waals surface area contributed by atoms with Gasteiger partial charge in [-0.25, -0.2) is 4.39 Å². The molecule has 20 heavy (non-hydrogen) atoms. The van der Waals surface area contributed by atoms with Gasteiger partial charge in [0.1, 0.15) is 5.82 Å². The summed E-state index contributed by atoms with van der Waals surface area (Å²) < 4.78 is 50.9. The molecule has 0 saturated carbocycles. The van der Waals surface area contributed by atoms with Gasteiger partial charge in [-0.3, -0.25) is 0 Å². The van der Waals surface area contributed by atoms with E-state index in [1.54, 1.807) is 19.1 Å². The normalized spacial score (nSPS) is 11.4. The van der Waals surface area contributed by atoms with Gasteiger partial charge in [-0.2, -0.15) is 13.2 Å². The third-order valence-electron chi connectivity index (χ3n) is 2.79. The van der Waals surface area contributed by atoms with Crippen LogP contribution < -0.4 is 5.32 Å². The quantitative estimate of drug-likeness (QED) is 0.800. The van der Waals surface area contributed by atoms with Gasteiger partial charge in [0.25, 0.3) is 0 Å². The Labute approximate surface area is 114 Å². The van der Waals surface area contributed by atoms with E-state index in [1.165, 1.54) is 18.2 Å².